The van der Waals surface area contributed by atoms with E-state index in [1.165, 1.54) is 12.8 Å². The van der Waals surface area contributed by atoms with Gasteiger partial charge >= 0.3 is 0 Å². The van der Waals surface area contributed by atoms with E-state index in [-0.39, 0.29) is 17.6 Å². The number of benzene rings is 1. The van der Waals surface area contributed by atoms with E-state index in [1.54, 1.807) is 7.11 Å². The van der Waals surface area contributed by atoms with Crippen molar-refractivity contribution in [2.45, 2.75) is 56.3 Å². The van der Waals surface area contributed by atoms with Crippen LogP contribution in [0.2, 0.25) is 0 Å². The van der Waals surface area contributed by atoms with Crippen LogP contribution in [0.15, 0.2) is 30.3 Å². The molecular formula is C18H26O3. The molecule has 1 saturated carbocycles. The van der Waals surface area contributed by atoms with Gasteiger partial charge in [0.05, 0.1) is 11.7 Å². The maximum absolute atomic E-state index is 10.9. The first-order chi connectivity index (χ1) is 10.2. The average molecular weight is 290 g/mol. The number of aliphatic hydroxyl groups is 1. The van der Waals surface area contributed by atoms with Crippen LogP contribution >= 0.6 is 0 Å². The zero-order valence-corrected chi connectivity index (χ0v) is 12.8. The van der Waals surface area contributed by atoms with Crippen LogP contribution in [-0.4, -0.2) is 30.5 Å². The summed E-state index contributed by atoms with van der Waals surface area (Å²) in [7, 11) is 1.69. The molecule has 1 heterocycles. The summed E-state index contributed by atoms with van der Waals surface area (Å²) in [6.07, 6.45) is 6.02. The van der Waals surface area contributed by atoms with Gasteiger partial charge in [0.25, 0.3) is 0 Å². The minimum absolute atomic E-state index is 0.0406. The van der Waals surface area contributed by atoms with Gasteiger partial charge in [-0.2, -0.15) is 0 Å². The third-order valence-corrected chi connectivity index (χ3v) is 5.22. The van der Waals surface area contributed by atoms with E-state index in [0.29, 0.717) is 0 Å². The molecule has 1 spiro atoms. The molecule has 0 radical (unpaired) electrons. The Morgan fingerprint density at radius 1 is 1.24 bits per heavy atom. The molecule has 0 bridgehead atoms. The maximum Gasteiger partial charge on any atom is 0.108 e. The van der Waals surface area contributed by atoms with E-state index in [9.17, 15) is 5.11 Å². The van der Waals surface area contributed by atoms with Gasteiger partial charge < -0.3 is 14.6 Å². The summed E-state index contributed by atoms with van der Waals surface area (Å²) in [6, 6.07) is 10.0. The normalized spacial score (nSPS) is 27.6. The van der Waals surface area contributed by atoms with E-state index in [2.05, 4.69) is 0 Å². The molecule has 3 nitrogen and oxygen atoms in total. The van der Waals surface area contributed by atoms with Gasteiger partial charge in [-0.15, -0.1) is 0 Å². The van der Waals surface area contributed by atoms with Crippen LogP contribution < -0.4 is 0 Å². The third kappa shape index (κ3) is 3.15. The number of methoxy groups -OCH3 is 1. The Bertz CT molecular complexity index is 439. The molecule has 2 fully saturated rings. The number of hydrogen-bond donors (Lipinski definition) is 1. The lowest BCUT2D eigenvalue weighted by Crippen LogP contribution is -2.43. The smallest absolute Gasteiger partial charge is 0.108 e. The molecule has 3 unspecified atom stereocenters. The zero-order valence-electron chi connectivity index (χ0n) is 12.8. The Morgan fingerprint density at radius 2 is 1.95 bits per heavy atom. The van der Waals surface area contributed by atoms with Crippen molar-refractivity contribution in [3.05, 3.63) is 35.9 Å². The summed E-state index contributed by atoms with van der Waals surface area (Å²) in [5.41, 5.74) is 1.10. The molecule has 3 rings (SSSR count). The van der Waals surface area contributed by atoms with E-state index < -0.39 is 6.10 Å². The topological polar surface area (TPSA) is 38.7 Å². The molecule has 3 heteroatoms. The first kappa shape index (κ1) is 15.0. The molecule has 1 aromatic carbocycles. The van der Waals surface area contributed by atoms with Crippen LogP contribution in [0, 0.1) is 5.92 Å². The Hall–Kier alpha value is -0.900. The number of aliphatic hydroxyl groups excluding tert-OH is 1. The fraction of sp³-hybridized carbons (Fsp3) is 0.667. The highest BCUT2D eigenvalue weighted by atomic mass is 16.5. The summed E-state index contributed by atoms with van der Waals surface area (Å²) >= 11 is 0. The van der Waals surface area contributed by atoms with Crippen LogP contribution in [0.5, 0.6) is 0 Å². The summed E-state index contributed by atoms with van der Waals surface area (Å²) < 4.78 is 11.7. The number of ether oxygens (including phenoxy) is 2. The summed E-state index contributed by atoms with van der Waals surface area (Å²) in [6.45, 7) is 0.771. The van der Waals surface area contributed by atoms with Crippen molar-refractivity contribution in [1.82, 2.24) is 0 Å². The Kier molecular flexibility index (Phi) is 4.63. The molecule has 0 aromatic heterocycles. The molecule has 3 atom stereocenters. The highest BCUT2D eigenvalue weighted by molar-refractivity contribution is 5.19. The van der Waals surface area contributed by atoms with Crippen LogP contribution in [0.25, 0.3) is 0 Å². The summed E-state index contributed by atoms with van der Waals surface area (Å²) in [5, 5.41) is 10.9. The SMILES string of the molecule is COC(c1ccccc1)C(O)C1CCOC2(CCCC2)C1. The molecular weight excluding hydrogens is 264 g/mol. The standard InChI is InChI=1S/C18H26O3/c1-20-17(14-7-3-2-4-8-14)16(19)15-9-12-21-18(13-15)10-5-6-11-18/h2-4,7-8,15-17,19H,5-6,9-13H2,1H3. The lowest BCUT2D eigenvalue weighted by atomic mass is 9.79. The quantitative estimate of drug-likeness (QED) is 0.922. The predicted octanol–water partition coefficient (Wildman–Crippen LogP) is 3.47. The molecule has 1 saturated heterocycles. The van der Waals surface area contributed by atoms with Gasteiger partial charge in [0.15, 0.2) is 0 Å². The largest absolute Gasteiger partial charge is 0.390 e. The average Bonchev–Trinajstić information content (AvgIpc) is 2.97. The van der Waals surface area contributed by atoms with Crippen molar-refractivity contribution in [3.63, 3.8) is 0 Å². The van der Waals surface area contributed by atoms with Crippen molar-refractivity contribution in [1.29, 1.82) is 0 Å². The first-order valence-electron chi connectivity index (χ1n) is 8.14. The van der Waals surface area contributed by atoms with Gasteiger partial charge in [-0.25, -0.2) is 0 Å². The van der Waals surface area contributed by atoms with Gasteiger partial charge in [0.1, 0.15) is 6.10 Å². The van der Waals surface area contributed by atoms with Crippen molar-refractivity contribution in [2.75, 3.05) is 13.7 Å². The van der Waals surface area contributed by atoms with Gasteiger partial charge in [0, 0.05) is 13.7 Å². The van der Waals surface area contributed by atoms with Crippen molar-refractivity contribution >= 4 is 0 Å². The maximum atomic E-state index is 10.9. The van der Waals surface area contributed by atoms with E-state index >= 15 is 0 Å². The molecule has 1 aromatic rings. The Labute approximate surface area is 127 Å². The lowest BCUT2D eigenvalue weighted by Gasteiger charge is -2.41. The lowest BCUT2D eigenvalue weighted by molar-refractivity contribution is -0.133. The van der Waals surface area contributed by atoms with E-state index in [4.69, 9.17) is 9.47 Å². The van der Waals surface area contributed by atoms with Crippen LogP contribution in [0.4, 0.5) is 0 Å². The molecule has 0 amide bonds. The van der Waals surface area contributed by atoms with Crippen LogP contribution in [-0.2, 0) is 9.47 Å². The van der Waals surface area contributed by atoms with Crippen molar-refractivity contribution < 1.29 is 14.6 Å². The highest BCUT2D eigenvalue weighted by Crippen LogP contribution is 2.44. The minimum Gasteiger partial charge on any atom is -0.390 e. The fourth-order valence-electron chi connectivity index (χ4n) is 4.09. The second kappa shape index (κ2) is 6.47. The van der Waals surface area contributed by atoms with Crippen molar-refractivity contribution in [3.8, 4) is 0 Å². The monoisotopic (exact) mass is 290 g/mol. The van der Waals surface area contributed by atoms with Crippen molar-refractivity contribution in [2.24, 2.45) is 5.92 Å². The second-order valence-corrected chi connectivity index (χ2v) is 6.55. The van der Waals surface area contributed by atoms with E-state index in [0.717, 1.165) is 37.9 Å². The molecule has 1 N–H and O–H groups in total. The number of rotatable bonds is 4. The summed E-state index contributed by atoms with van der Waals surface area (Å²) in [5.74, 6) is 0.266. The second-order valence-electron chi connectivity index (χ2n) is 6.55. The highest BCUT2D eigenvalue weighted by Gasteiger charge is 2.43. The van der Waals surface area contributed by atoms with Gasteiger partial charge in [0.2, 0.25) is 0 Å². The number of hydrogen-bond acceptors (Lipinski definition) is 3. The summed E-state index contributed by atoms with van der Waals surface area (Å²) in [4.78, 5) is 0. The molecule has 2 aliphatic rings. The Balaban J connectivity index is 1.72. The minimum atomic E-state index is -0.459. The molecule has 21 heavy (non-hydrogen) atoms. The molecule has 1 aliphatic heterocycles. The van der Waals surface area contributed by atoms with E-state index in [1.807, 2.05) is 30.3 Å². The molecule has 116 valence electrons. The van der Waals surface area contributed by atoms with Gasteiger partial charge in [-0.05, 0) is 37.2 Å². The fourth-order valence-corrected chi connectivity index (χ4v) is 4.09. The third-order valence-electron chi connectivity index (χ3n) is 5.22. The zero-order chi connectivity index (χ0) is 14.7. The Morgan fingerprint density at radius 3 is 2.62 bits per heavy atom. The van der Waals surface area contributed by atoms with Crippen LogP contribution in [0.3, 0.4) is 0 Å². The van der Waals surface area contributed by atoms with Gasteiger partial charge in [-0.1, -0.05) is 43.2 Å². The van der Waals surface area contributed by atoms with Gasteiger partial charge in [-0.3, -0.25) is 0 Å². The predicted molar refractivity (Wildman–Crippen MR) is 82.1 cm³/mol. The molecule has 1 aliphatic carbocycles. The van der Waals surface area contributed by atoms with Crippen LogP contribution in [0.1, 0.15) is 50.2 Å². The first-order valence-corrected chi connectivity index (χ1v) is 8.14.